The van der Waals surface area contributed by atoms with E-state index in [-0.39, 0.29) is 18.3 Å². The van der Waals surface area contributed by atoms with Crippen LogP contribution in [0, 0.1) is 0 Å². The zero-order chi connectivity index (χ0) is 14.1. The van der Waals surface area contributed by atoms with Crippen LogP contribution >= 0.6 is 11.6 Å². The predicted octanol–water partition coefficient (Wildman–Crippen LogP) is 2.97. The van der Waals surface area contributed by atoms with Gasteiger partial charge in [0.25, 0.3) is 5.91 Å². The fourth-order valence-corrected chi connectivity index (χ4v) is 2.26. The molecular formula is C15H12ClNO3. The lowest BCUT2D eigenvalue weighted by molar-refractivity contribution is -0.121. The van der Waals surface area contributed by atoms with E-state index in [4.69, 9.17) is 16.3 Å². The van der Waals surface area contributed by atoms with Gasteiger partial charge in [-0.05, 0) is 29.8 Å². The van der Waals surface area contributed by atoms with Gasteiger partial charge in [-0.15, -0.1) is 0 Å². The number of amides is 1. The van der Waals surface area contributed by atoms with Crippen molar-refractivity contribution in [2.45, 2.75) is 6.54 Å². The number of phenols is 1. The Bertz CT molecular complexity index is 655. The van der Waals surface area contributed by atoms with Crippen molar-refractivity contribution in [3.05, 3.63) is 53.1 Å². The molecule has 1 aliphatic rings. The van der Waals surface area contributed by atoms with Crippen LogP contribution in [0.5, 0.6) is 11.5 Å². The number of hydrogen-bond donors (Lipinski definition) is 1. The first kappa shape index (κ1) is 12.8. The molecule has 0 unspecified atom stereocenters. The fourth-order valence-electron chi connectivity index (χ4n) is 2.14. The third-order valence-electron chi connectivity index (χ3n) is 3.14. The van der Waals surface area contributed by atoms with Crippen LogP contribution in [0.1, 0.15) is 5.56 Å². The SMILES string of the molecule is O=C1COc2ccc(O)cc2N1Cc1ccc(Cl)cc1. The highest BCUT2D eigenvalue weighted by molar-refractivity contribution is 6.30. The zero-order valence-corrected chi connectivity index (χ0v) is 11.3. The Morgan fingerprint density at radius 1 is 1.20 bits per heavy atom. The summed E-state index contributed by atoms with van der Waals surface area (Å²) in [6.07, 6.45) is 0. The van der Waals surface area contributed by atoms with Crippen molar-refractivity contribution < 1.29 is 14.6 Å². The second-order valence-electron chi connectivity index (χ2n) is 4.55. The Balaban J connectivity index is 1.94. The van der Waals surface area contributed by atoms with Crippen LogP contribution in [0.2, 0.25) is 5.02 Å². The van der Waals surface area contributed by atoms with Crippen molar-refractivity contribution >= 4 is 23.2 Å². The van der Waals surface area contributed by atoms with Crippen LogP contribution in [0.25, 0.3) is 0 Å². The smallest absolute Gasteiger partial charge is 0.265 e. The number of aromatic hydroxyl groups is 1. The number of benzene rings is 2. The van der Waals surface area contributed by atoms with Gasteiger partial charge in [0.05, 0.1) is 12.2 Å². The first-order chi connectivity index (χ1) is 9.63. The van der Waals surface area contributed by atoms with Gasteiger partial charge in [-0.1, -0.05) is 23.7 Å². The van der Waals surface area contributed by atoms with Crippen molar-refractivity contribution in [2.24, 2.45) is 0 Å². The molecule has 5 heteroatoms. The maximum absolute atomic E-state index is 12.0. The van der Waals surface area contributed by atoms with Gasteiger partial charge in [0, 0.05) is 11.1 Å². The largest absolute Gasteiger partial charge is 0.508 e. The van der Waals surface area contributed by atoms with Gasteiger partial charge in [0.2, 0.25) is 0 Å². The molecule has 2 aromatic carbocycles. The molecule has 1 aliphatic heterocycles. The third kappa shape index (κ3) is 2.42. The number of carbonyl (C=O) groups excluding carboxylic acids is 1. The topological polar surface area (TPSA) is 49.8 Å². The van der Waals surface area contributed by atoms with Gasteiger partial charge in [0.1, 0.15) is 11.5 Å². The lowest BCUT2D eigenvalue weighted by Crippen LogP contribution is -2.38. The van der Waals surface area contributed by atoms with Crippen LogP contribution in [-0.2, 0) is 11.3 Å². The van der Waals surface area contributed by atoms with Crippen molar-refractivity contribution in [3.8, 4) is 11.5 Å². The number of carbonyl (C=O) groups is 1. The van der Waals surface area contributed by atoms with Crippen molar-refractivity contribution in [3.63, 3.8) is 0 Å². The average molecular weight is 290 g/mol. The maximum atomic E-state index is 12.0. The zero-order valence-electron chi connectivity index (χ0n) is 10.5. The van der Waals surface area contributed by atoms with Crippen LogP contribution < -0.4 is 9.64 Å². The molecular weight excluding hydrogens is 278 g/mol. The summed E-state index contributed by atoms with van der Waals surface area (Å²) in [7, 11) is 0. The van der Waals surface area contributed by atoms with Crippen LogP contribution in [0.3, 0.4) is 0 Å². The average Bonchev–Trinajstić information content (AvgIpc) is 2.44. The molecule has 0 bridgehead atoms. The molecule has 4 nitrogen and oxygen atoms in total. The molecule has 0 saturated carbocycles. The highest BCUT2D eigenvalue weighted by Gasteiger charge is 2.25. The second kappa shape index (κ2) is 5.06. The molecule has 1 amide bonds. The van der Waals surface area contributed by atoms with E-state index in [0.717, 1.165) is 5.56 Å². The molecule has 102 valence electrons. The summed E-state index contributed by atoms with van der Waals surface area (Å²) in [4.78, 5) is 13.6. The molecule has 20 heavy (non-hydrogen) atoms. The predicted molar refractivity (Wildman–Crippen MR) is 76.2 cm³/mol. The molecule has 0 atom stereocenters. The van der Waals surface area contributed by atoms with Gasteiger partial charge in [-0.3, -0.25) is 4.79 Å². The standard InChI is InChI=1S/C15H12ClNO3/c16-11-3-1-10(2-4-11)8-17-13-7-12(18)5-6-14(13)20-9-15(17)19/h1-7,18H,8-9H2. The quantitative estimate of drug-likeness (QED) is 0.925. The summed E-state index contributed by atoms with van der Waals surface area (Å²) in [5, 5.41) is 10.2. The minimum atomic E-state index is -0.141. The van der Waals surface area contributed by atoms with E-state index in [1.807, 2.05) is 12.1 Å². The van der Waals surface area contributed by atoms with E-state index in [1.54, 1.807) is 23.1 Å². The van der Waals surface area contributed by atoms with Gasteiger partial charge >= 0.3 is 0 Å². The summed E-state index contributed by atoms with van der Waals surface area (Å²) >= 11 is 5.85. The minimum Gasteiger partial charge on any atom is -0.508 e. The highest BCUT2D eigenvalue weighted by atomic mass is 35.5. The normalized spacial score (nSPS) is 13.8. The molecule has 0 aromatic heterocycles. The van der Waals surface area contributed by atoms with Crippen molar-refractivity contribution in [1.29, 1.82) is 0 Å². The number of rotatable bonds is 2. The fraction of sp³-hybridized carbons (Fsp3) is 0.133. The van der Waals surface area contributed by atoms with E-state index in [1.165, 1.54) is 12.1 Å². The number of halogens is 1. The number of fused-ring (bicyclic) bond motifs is 1. The van der Waals surface area contributed by atoms with Gasteiger partial charge in [-0.25, -0.2) is 0 Å². The summed E-state index contributed by atoms with van der Waals surface area (Å²) in [6, 6.07) is 12.0. The van der Waals surface area contributed by atoms with Gasteiger partial charge in [-0.2, -0.15) is 0 Å². The number of phenolic OH excluding ortho intramolecular Hbond substituents is 1. The highest BCUT2D eigenvalue weighted by Crippen LogP contribution is 2.35. The Morgan fingerprint density at radius 2 is 1.95 bits per heavy atom. The Kier molecular flexibility index (Phi) is 3.24. The second-order valence-corrected chi connectivity index (χ2v) is 4.98. The van der Waals surface area contributed by atoms with E-state index in [0.29, 0.717) is 23.0 Å². The van der Waals surface area contributed by atoms with Crippen LogP contribution in [0.4, 0.5) is 5.69 Å². The first-order valence-corrected chi connectivity index (χ1v) is 6.52. The molecule has 0 spiro atoms. The first-order valence-electron chi connectivity index (χ1n) is 6.14. The number of nitrogens with zero attached hydrogens (tertiary/aromatic N) is 1. The summed E-state index contributed by atoms with van der Waals surface area (Å²) in [5.74, 6) is 0.553. The van der Waals surface area contributed by atoms with Crippen LogP contribution in [0.15, 0.2) is 42.5 Å². The molecule has 3 rings (SSSR count). The van der Waals surface area contributed by atoms with Gasteiger partial charge < -0.3 is 14.7 Å². The Hall–Kier alpha value is -2.20. The Morgan fingerprint density at radius 3 is 2.70 bits per heavy atom. The third-order valence-corrected chi connectivity index (χ3v) is 3.39. The lowest BCUT2D eigenvalue weighted by atomic mass is 10.1. The summed E-state index contributed by atoms with van der Waals surface area (Å²) in [6.45, 7) is 0.418. The molecule has 1 heterocycles. The molecule has 1 N–H and O–H groups in total. The summed E-state index contributed by atoms with van der Waals surface area (Å²) < 4.78 is 5.35. The monoisotopic (exact) mass is 289 g/mol. The Labute approximate surface area is 121 Å². The molecule has 0 radical (unpaired) electrons. The van der Waals surface area contributed by atoms with E-state index in [2.05, 4.69) is 0 Å². The molecule has 2 aromatic rings. The van der Waals surface area contributed by atoms with E-state index >= 15 is 0 Å². The molecule has 0 aliphatic carbocycles. The molecule has 0 saturated heterocycles. The van der Waals surface area contributed by atoms with Gasteiger partial charge in [0.15, 0.2) is 6.61 Å². The maximum Gasteiger partial charge on any atom is 0.265 e. The van der Waals surface area contributed by atoms with Crippen molar-refractivity contribution in [2.75, 3.05) is 11.5 Å². The van der Waals surface area contributed by atoms with Crippen LogP contribution in [-0.4, -0.2) is 17.6 Å². The van der Waals surface area contributed by atoms with E-state index < -0.39 is 0 Å². The summed E-state index contributed by atoms with van der Waals surface area (Å²) in [5.41, 5.74) is 1.54. The number of ether oxygens (including phenoxy) is 1. The minimum absolute atomic E-state index is 0.00532. The lowest BCUT2D eigenvalue weighted by Gasteiger charge is -2.29. The number of hydrogen-bond acceptors (Lipinski definition) is 3. The molecule has 0 fully saturated rings. The number of anilines is 1. The van der Waals surface area contributed by atoms with E-state index in [9.17, 15) is 9.90 Å². The van der Waals surface area contributed by atoms with Crippen molar-refractivity contribution in [1.82, 2.24) is 0 Å².